The highest BCUT2D eigenvalue weighted by atomic mass is 16.5. The van der Waals surface area contributed by atoms with Gasteiger partial charge in [0.15, 0.2) is 0 Å². The van der Waals surface area contributed by atoms with Gasteiger partial charge in [-0.25, -0.2) is 4.79 Å². The number of piperazine rings is 1. The molecule has 7 nitrogen and oxygen atoms in total. The van der Waals surface area contributed by atoms with Gasteiger partial charge in [0.05, 0.1) is 23.9 Å². The molecule has 3 heterocycles. The standard InChI is InChI=1S/C27H29N3O4/c1-33-27(32)25-22(18-29-13-15-30(16-14-29)26(31)23-12-7-17-34-23)28-21-11-6-5-10-20(21)24(25)19-8-3-2-4-9-19/h2-6,8-11,23H,7,12-18H2,1H3. The number of hydrogen-bond acceptors (Lipinski definition) is 6. The second kappa shape index (κ2) is 9.91. The van der Waals surface area contributed by atoms with Crippen LogP contribution in [-0.4, -0.2) is 72.7 Å². The molecule has 2 saturated heterocycles. The highest BCUT2D eigenvalue weighted by molar-refractivity contribution is 6.07. The Morgan fingerprint density at radius 2 is 1.76 bits per heavy atom. The number of amides is 1. The highest BCUT2D eigenvalue weighted by Gasteiger charge is 2.31. The highest BCUT2D eigenvalue weighted by Crippen LogP contribution is 2.34. The van der Waals surface area contributed by atoms with E-state index >= 15 is 0 Å². The summed E-state index contributed by atoms with van der Waals surface area (Å²) >= 11 is 0. The van der Waals surface area contributed by atoms with Gasteiger partial charge >= 0.3 is 5.97 Å². The Bertz CT molecular complexity index is 1180. The lowest BCUT2D eigenvalue weighted by atomic mass is 9.93. The number of nitrogens with zero attached hydrogens (tertiary/aromatic N) is 3. The zero-order chi connectivity index (χ0) is 23.5. The Kier molecular flexibility index (Phi) is 6.56. The Morgan fingerprint density at radius 3 is 2.47 bits per heavy atom. The van der Waals surface area contributed by atoms with Crippen molar-refractivity contribution in [2.75, 3.05) is 39.9 Å². The van der Waals surface area contributed by atoms with E-state index in [-0.39, 0.29) is 18.0 Å². The fraction of sp³-hybridized carbons (Fsp3) is 0.370. The van der Waals surface area contributed by atoms with Crippen LogP contribution in [0.25, 0.3) is 22.0 Å². The zero-order valence-electron chi connectivity index (χ0n) is 19.4. The fourth-order valence-corrected chi connectivity index (χ4v) is 4.92. The lowest BCUT2D eigenvalue weighted by molar-refractivity contribution is -0.142. The molecular weight excluding hydrogens is 430 g/mol. The third kappa shape index (κ3) is 4.41. The average molecular weight is 460 g/mol. The summed E-state index contributed by atoms with van der Waals surface area (Å²) in [5, 5.41) is 0.921. The van der Waals surface area contributed by atoms with Crippen molar-refractivity contribution in [3.05, 3.63) is 65.9 Å². The van der Waals surface area contributed by atoms with Crippen molar-refractivity contribution < 1.29 is 19.1 Å². The lowest BCUT2D eigenvalue weighted by Gasteiger charge is -2.35. The minimum Gasteiger partial charge on any atom is -0.465 e. The van der Waals surface area contributed by atoms with Crippen molar-refractivity contribution in [3.63, 3.8) is 0 Å². The molecule has 2 fully saturated rings. The van der Waals surface area contributed by atoms with Crippen molar-refractivity contribution in [2.24, 2.45) is 0 Å². The Hall–Kier alpha value is -3.29. The van der Waals surface area contributed by atoms with Crippen LogP contribution in [0, 0.1) is 0 Å². The van der Waals surface area contributed by atoms with Gasteiger partial charge < -0.3 is 14.4 Å². The molecule has 1 atom stereocenters. The smallest absolute Gasteiger partial charge is 0.340 e. The van der Waals surface area contributed by atoms with Gasteiger partial charge in [-0.3, -0.25) is 14.7 Å². The third-order valence-electron chi connectivity index (χ3n) is 6.68. The van der Waals surface area contributed by atoms with Crippen LogP contribution in [0.1, 0.15) is 28.9 Å². The summed E-state index contributed by atoms with van der Waals surface area (Å²) in [7, 11) is 1.41. The van der Waals surface area contributed by atoms with E-state index in [4.69, 9.17) is 14.5 Å². The third-order valence-corrected chi connectivity index (χ3v) is 6.68. The van der Waals surface area contributed by atoms with Crippen LogP contribution < -0.4 is 0 Å². The van der Waals surface area contributed by atoms with E-state index < -0.39 is 0 Å². The van der Waals surface area contributed by atoms with Crippen LogP contribution in [0.15, 0.2) is 54.6 Å². The Balaban J connectivity index is 1.45. The van der Waals surface area contributed by atoms with E-state index in [1.54, 1.807) is 0 Å². The largest absolute Gasteiger partial charge is 0.465 e. The normalized spacial score (nSPS) is 18.9. The van der Waals surface area contributed by atoms with E-state index in [9.17, 15) is 9.59 Å². The van der Waals surface area contributed by atoms with Crippen LogP contribution in [-0.2, 0) is 20.8 Å². The number of pyridine rings is 1. The fourth-order valence-electron chi connectivity index (χ4n) is 4.92. The number of rotatable bonds is 5. The second-order valence-corrected chi connectivity index (χ2v) is 8.79. The molecule has 0 bridgehead atoms. The van der Waals surface area contributed by atoms with Gasteiger partial charge in [0, 0.05) is 50.3 Å². The molecular formula is C27H29N3O4. The monoisotopic (exact) mass is 459 g/mol. The summed E-state index contributed by atoms with van der Waals surface area (Å²) < 4.78 is 10.8. The van der Waals surface area contributed by atoms with Crippen molar-refractivity contribution in [1.29, 1.82) is 0 Å². The number of para-hydroxylation sites is 1. The SMILES string of the molecule is COC(=O)c1c(CN2CCN(C(=O)C3CCCO3)CC2)nc2ccccc2c1-c1ccccc1. The van der Waals surface area contributed by atoms with E-state index in [1.807, 2.05) is 59.5 Å². The number of ether oxygens (including phenoxy) is 2. The van der Waals surface area contributed by atoms with Crippen LogP contribution in [0.3, 0.4) is 0 Å². The molecule has 0 N–H and O–H groups in total. The van der Waals surface area contributed by atoms with Gasteiger partial charge in [-0.15, -0.1) is 0 Å². The first-order chi connectivity index (χ1) is 16.7. The summed E-state index contributed by atoms with van der Waals surface area (Å²) in [5.41, 5.74) is 3.85. The average Bonchev–Trinajstić information content (AvgIpc) is 3.43. The van der Waals surface area contributed by atoms with Gasteiger partial charge in [-0.1, -0.05) is 48.5 Å². The minimum atomic E-state index is -0.390. The first-order valence-electron chi connectivity index (χ1n) is 11.8. The van der Waals surface area contributed by atoms with Gasteiger partial charge in [-0.05, 0) is 24.5 Å². The van der Waals surface area contributed by atoms with Crippen molar-refractivity contribution >= 4 is 22.8 Å². The quantitative estimate of drug-likeness (QED) is 0.544. The number of esters is 1. The van der Waals surface area contributed by atoms with E-state index in [2.05, 4.69) is 4.90 Å². The first kappa shape index (κ1) is 22.5. The molecule has 0 spiro atoms. The second-order valence-electron chi connectivity index (χ2n) is 8.79. The number of benzene rings is 2. The number of aromatic nitrogens is 1. The molecule has 7 heteroatoms. The molecule has 0 saturated carbocycles. The zero-order valence-corrected chi connectivity index (χ0v) is 19.4. The molecule has 2 aromatic carbocycles. The predicted octanol–water partition coefficient (Wildman–Crippen LogP) is 3.51. The molecule has 0 aliphatic carbocycles. The summed E-state index contributed by atoms with van der Waals surface area (Å²) in [6, 6.07) is 17.8. The molecule has 3 aromatic rings. The predicted molar refractivity (Wildman–Crippen MR) is 129 cm³/mol. The maximum Gasteiger partial charge on any atom is 0.340 e. The summed E-state index contributed by atoms with van der Waals surface area (Å²) in [6.07, 6.45) is 1.47. The maximum atomic E-state index is 13.1. The van der Waals surface area contributed by atoms with Crippen molar-refractivity contribution in [1.82, 2.24) is 14.8 Å². The molecule has 1 aromatic heterocycles. The number of carbonyl (C=O) groups excluding carboxylic acids is 2. The van der Waals surface area contributed by atoms with Gasteiger partial charge in [0.1, 0.15) is 6.10 Å². The number of methoxy groups -OCH3 is 1. The van der Waals surface area contributed by atoms with Crippen LogP contribution >= 0.6 is 0 Å². The van der Waals surface area contributed by atoms with Gasteiger partial charge in [0.2, 0.25) is 0 Å². The summed E-state index contributed by atoms with van der Waals surface area (Å²) in [5.74, 6) is -0.290. The number of hydrogen-bond donors (Lipinski definition) is 0. The lowest BCUT2D eigenvalue weighted by Crippen LogP contribution is -2.51. The Labute approximate surface area is 199 Å². The van der Waals surface area contributed by atoms with Crippen molar-refractivity contribution in [2.45, 2.75) is 25.5 Å². The van der Waals surface area contributed by atoms with Crippen molar-refractivity contribution in [3.8, 4) is 11.1 Å². The first-order valence-corrected chi connectivity index (χ1v) is 11.8. The number of fused-ring (bicyclic) bond motifs is 1. The number of carbonyl (C=O) groups is 2. The molecule has 0 radical (unpaired) electrons. The summed E-state index contributed by atoms with van der Waals surface area (Å²) in [4.78, 5) is 34.8. The van der Waals surface area contributed by atoms with Crippen LogP contribution in [0.4, 0.5) is 0 Å². The van der Waals surface area contributed by atoms with Crippen LogP contribution in [0.5, 0.6) is 0 Å². The molecule has 1 unspecified atom stereocenters. The van der Waals surface area contributed by atoms with Gasteiger partial charge in [-0.2, -0.15) is 0 Å². The topological polar surface area (TPSA) is 72.0 Å². The molecule has 2 aliphatic heterocycles. The van der Waals surface area contributed by atoms with E-state index in [0.717, 1.165) is 34.9 Å². The molecule has 1 amide bonds. The molecule has 34 heavy (non-hydrogen) atoms. The maximum absolute atomic E-state index is 13.1. The molecule has 176 valence electrons. The summed E-state index contributed by atoms with van der Waals surface area (Å²) in [6.45, 7) is 3.90. The molecule has 5 rings (SSSR count). The molecule has 2 aliphatic rings. The van der Waals surface area contributed by atoms with E-state index in [1.165, 1.54) is 7.11 Å². The van der Waals surface area contributed by atoms with Crippen LogP contribution in [0.2, 0.25) is 0 Å². The van der Waals surface area contributed by atoms with E-state index in [0.29, 0.717) is 50.6 Å². The minimum absolute atomic E-state index is 0.0996. The Morgan fingerprint density at radius 1 is 1.03 bits per heavy atom. The van der Waals surface area contributed by atoms with Gasteiger partial charge in [0.25, 0.3) is 5.91 Å².